The highest BCUT2D eigenvalue weighted by Gasteiger charge is 2.23. The zero-order chi connectivity index (χ0) is 21.1. The van der Waals surface area contributed by atoms with Gasteiger partial charge in [-0.15, -0.1) is 0 Å². The molecule has 2 rings (SSSR count). The first-order valence-corrected chi connectivity index (χ1v) is 9.94. The van der Waals surface area contributed by atoms with Crippen LogP contribution >= 0.6 is 0 Å². The fraction of sp³-hybridized carbons (Fsp3) is 0.500. The second kappa shape index (κ2) is 11.9. The molecule has 0 aliphatic heterocycles. The number of rotatable bonds is 9. The van der Waals surface area contributed by atoms with E-state index < -0.39 is 12.1 Å². The standard InChI is InChI=1S/C22H28O7/c1-16(2)20(23)26-14-6-7-15-27-22(25)29-19-12-10-18(11-13-19)28-21(24)17-8-4-3-5-9-17/h10-13,17H,1,3-9,14-15H2,2H3. The van der Waals surface area contributed by atoms with E-state index in [9.17, 15) is 14.4 Å². The summed E-state index contributed by atoms with van der Waals surface area (Å²) >= 11 is 0. The minimum atomic E-state index is -0.823. The van der Waals surface area contributed by atoms with Gasteiger partial charge in [-0.05, 0) is 56.9 Å². The molecule has 1 aliphatic rings. The molecule has 1 aliphatic carbocycles. The van der Waals surface area contributed by atoms with Crippen LogP contribution in [-0.4, -0.2) is 31.3 Å². The van der Waals surface area contributed by atoms with Crippen molar-refractivity contribution in [1.29, 1.82) is 0 Å². The first-order valence-electron chi connectivity index (χ1n) is 9.94. The lowest BCUT2D eigenvalue weighted by atomic mass is 9.89. The van der Waals surface area contributed by atoms with Crippen LogP contribution < -0.4 is 9.47 Å². The van der Waals surface area contributed by atoms with E-state index in [0.29, 0.717) is 29.9 Å². The number of carbonyl (C=O) groups is 3. The summed E-state index contributed by atoms with van der Waals surface area (Å²) in [5, 5.41) is 0. The molecular formula is C22H28O7. The molecule has 0 spiro atoms. The van der Waals surface area contributed by atoms with Crippen LogP contribution in [0, 0.1) is 5.92 Å². The number of ether oxygens (including phenoxy) is 4. The van der Waals surface area contributed by atoms with Gasteiger partial charge in [0.05, 0.1) is 19.1 Å². The summed E-state index contributed by atoms with van der Waals surface area (Å²) in [6, 6.07) is 6.25. The fourth-order valence-corrected chi connectivity index (χ4v) is 2.89. The second-order valence-corrected chi connectivity index (χ2v) is 7.05. The first kappa shape index (κ1) is 22.5. The molecule has 0 aromatic heterocycles. The Labute approximate surface area is 171 Å². The van der Waals surface area contributed by atoms with Gasteiger partial charge in [-0.1, -0.05) is 25.8 Å². The second-order valence-electron chi connectivity index (χ2n) is 7.05. The van der Waals surface area contributed by atoms with Crippen LogP contribution in [0.4, 0.5) is 4.79 Å². The molecule has 158 valence electrons. The number of hydrogen-bond donors (Lipinski definition) is 0. The van der Waals surface area contributed by atoms with Gasteiger partial charge in [0.2, 0.25) is 0 Å². The number of benzene rings is 1. The van der Waals surface area contributed by atoms with Crippen LogP contribution in [0.2, 0.25) is 0 Å². The monoisotopic (exact) mass is 404 g/mol. The third-order valence-corrected chi connectivity index (χ3v) is 4.52. The van der Waals surface area contributed by atoms with Crippen molar-refractivity contribution in [3.05, 3.63) is 36.4 Å². The first-order chi connectivity index (χ1) is 14.0. The third kappa shape index (κ3) is 8.37. The molecule has 1 aromatic carbocycles. The van der Waals surface area contributed by atoms with Gasteiger partial charge in [-0.25, -0.2) is 9.59 Å². The Balaban J connectivity index is 1.63. The summed E-state index contributed by atoms with van der Waals surface area (Å²) in [5.41, 5.74) is 0.347. The van der Waals surface area contributed by atoms with Crippen LogP contribution in [-0.2, 0) is 19.1 Å². The molecule has 0 unspecified atom stereocenters. The van der Waals surface area contributed by atoms with E-state index >= 15 is 0 Å². The largest absolute Gasteiger partial charge is 0.513 e. The zero-order valence-electron chi connectivity index (χ0n) is 16.8. The Morgan fingerprint density at radius 3 is 2.03 bits per heavy atom. The summed E-state index contributed by atoms with van der Waals surface area (Å²) in [6.45, 7) is 5.46. The van der Waals surface area contributed by atoms with Gasteiger partial charge in [-0.2, -0.15) is 0 Å². The Kier molecular flexibility index (Phi) is 9.21. The van der Waals surface area contributed by atoms with Gasteiger partial charge in [-0.3, -0.25) is 4.79 Å². The van der Waals surface area contributed by atoms with E-state index in [1.54, 1.807) is 31.2 Å². The highest BCUT2D eigenvalue weighted by molar-refractivity contribution is 5.86. The third-order valence-electron chi connectivity index (χ3n) is 4.52. The van der Waals surface area contributed by atoms with Crippen molar-refractivity contribution in [1.82, 2.24) is 0 Å². The lowest BCUT2D eigenvalue weighted by Crippen LogP contribution is -2.22. The van der Waals surface area contributed by atoms with Crippen molar-refractivity contribution in [2.45, 2.75) is 51.9 Å². The summed E-state index contributed by atoms with van der Waals surface area (Å²) in [4.78, 5) is 35.0. The predicted molar refractivity (Wildman–Crippen MR) is 106 cm³/mol. The van der Waals surface area contributed by atoms with Gasteiger partial charge in [0.25, 0.3) is 0 Å². The molecule has 1 saturated carbocycles. The van der Waals surface area contributed by atoms with Crippen LogP contribution in [0.15, 0.2) is 36.4 Å². The van der Waals surface area contributed by atoms with Crippen molar-refractivity contribution < 1.29 is 33.3 Å². The maximum Gasteiger partial charge on any atom is 0.513 e. The van der Waals surface area contributed by atoms with E-state index in [-0.39, 0.29) is 25.1 Å². The average molecular weight is 404 g/mol. The van der Waals surface area contributed by atoms with E-state index in [1.165, 1.54) is 6.42 Å². The predicted octanol–water partition coefficient (Wildman–Crippen LogP) is 4.59. The van der Waals surface area contributed by atoms with E-state index in [1.807, 2.05) is 0 Å². The highest BCUT2D eigenvalue weighted by Crippen LogP contribution is 2.26. The van der Waals surface area contributed by atoms with Crippen LogP contribution in [0.3, 0.4) is 0 Å². The SMILES string of the molecule is C=C(C)C(=O)OCCCCOC(=O)Oc1ccc(OC(=O)C2CCCCC2)cc1. The van der Waals surface area contributed by atoms with E-state index in [4.69, 9.17) is 18.9 Å². The fourth-order valence-electron chi connectivity index (χ4n) is 2.89. The topological polar surface area (TPSA) is 88.1 Å². The minimum absolute atomic E-state index is 0.0287. The summed E-state index contributed by atoms with van der Waals surface area (Å²) in [6.07, 6.45) is 5.33. The molecule has 0 amide bonds. The quantitative estimate of drug-likeness (QED) is 0.196. The Bertz CT molecular complexity index is 702. The molecule has 29 heavy (non-hydrogen) atoms. The average Bonchev–Trinajstić information content (AvgIpc) is 2.72. The van der Waals surface area contributed by atoms with Crippen molar-refractivity contribution in [3.8, 4) is 11.5 Å². The van der Waals surface area contributed by atoms with Gasteiger partial charge in [0.15, 0.2) is 0 Å². The van der Waals surface area contributed by atoms with Gasteiger partial charge >= 0.3 is 18.1 Å². The van der Waals surface area contributed by atoms with E-state index in [2.05, 4.69) is 6.58 Å². The number of unbranched alkanes of at least 4 members (excludes halogenated alkanes) is 1. The zero-order valence-corrected chi connectivity index (χ0v) is 16.8. The molecule has 0 N–H and O–H groups in total. The minimum Gasteiger partial charge on any atom is -0.462 e. The Morgan fingerprint density at radius 1 is 0.897 bits per heavy atom. The molecule has 0 radical (unpaired) electrons. The van der Waals surface area contributed by atoms with Crippen LogP contribution in [0.5, 0.6) is 11.5 Å². The molecule has 0 bridgehead atoms. The smallest absolute Gasteiger partial charge is 0.462 e. The molecule has 0 atom stereocenters. The molecule has 1 fully saturated rings. The Hall–Kier alpha value is -2.83. The maximum atomic E-state index is 12.1. The van der Waals surface area contributed by atoms with Crippen molar-refractivity contribution >= 4 is 18.1 Å². The molecule has 7 nitrogen and oxygen atoms in total. The highest BCUT2D eigenvalue weighted by atomic mass is 16.7. The lowest BCUT2D eigenvalue weighted by Gasteiger charge is -2.19. The lowest BCUT2D eigenvalue weighted by molar-refractivity contribution is -0.140. The molecule has 7 heteroatoms. The molecule has 1 aromatic rings. The molecule has 0 heterocycles. The maximum absolute atomic E-state index is 12.1. The normalized spacial score (nSPS) is 14.0. The Morgan fingerprint density at radius 2 is 1.45 bits per heavy atom. The summed E-state index contributed by atoms with van der Waals surface area (Å²) < 4.78 is 20.4. The van der Waals surface area contributed by atoms with Crippen molar-refractivity contribution in [2.24, 2.45) is 5.92 Å². The number of carbonyl (C=O) groups excluding carboxylic acids is 3. The molecule has 0 saturated heterocycles. The van der Waals surface area contributed by atoms with Gasteiger partial charge in [0.1, 0.15) is 11.5 Å². The molecular weight excluding hydrogens is 376 g/mol. The van der Waals surface area contributed by atoms with Crippen LogP contribution in [0.25, 0.3) is 0 Å². The number of esters is 2. The van der Waals surface area contributed by atoms with Crippen molar-refractivity contribution in [3.63, 3.8) is 0 Å². The van der Waals surface area contributed by atoms with Crippen molar-refractivity contribution in [2.75, 3.05) is 13.2 Å². The van der Waals surface area contributed by atoms with Gasteiger partial charge < -0.3 is 18.9 Å². The van der Waals surface area contributed by atoms with Crippen LogP contribution in [0.1, 0.15) is 51.9 Å². The van der Waals surface area contributed by atoms with Gasteiger partial charge in [0, 0.05) is 5.57 Å². The summed E-state index contributed by atoms with van der Waals surface area (Å²) in [7, 11) is 0. The summed E-state index contributed by atoms with van der Waals surface area (Å²) in [5.74, 6) is 0.0531. The number of hydrogen-bond acceptors (Lipinski definition) is 7. The van der Waals surface area contributed by atoms with E-state index in [0.717, 1.165) is 25.7 Å².